The molecule has 0 heterocycles. The van der Waals surface area contributed by atoms with Gasteiger partial charge in [-0.05, 0) is 43.0 Å². The molecule has 0 spiro atoms. The van der Waals surface area contributed by atoms with Gasteiger partial charge >= 0.3 is 0 Å². The van der Waals surface area contributed by atoms with Gasteiger partial charge in [-0.1, -0.05) is 69.2 Å². The summed E-state index contributed by atoms with van der Waals surface area (Å²) in [6.45, 7) is 7.33. The van der Waals surface area contributed by atoms with Gasteiger partial charge in [0.15, 0.2) is 0 Å². The number of benzene rings is 2. The van der Waals surface area contributed by atoms with Crippen molar-refractivity contribution in [2.45, 2.75) is 77.5 Å². The highest BCUT2D eigenvalue weighted by Crippen LogP contribution is 2.18. The number of amides is 3. The average Bonchev–Trinajstić information content (AvgIpc) is 2.86. The van der Waals surface area contributed by atoms with Gasteiger partial charge in [0.2, 0.25) is 17.7 Å². The number of hydrogen-bond donors (Lipinski definition) is 5. The Labute approximate surface area is 226 Å². The average molecular weight is 535 g/mol. The highest BCUT2D eigenvalue weighted by Gasteiger charge is 2.34. The van der Waals surface area contributed by atoms with Crippen molar-refractivity contribution in [3.8, 4) is 0 Å². The van der Waals surface area contributed by atoms with Crippen molar-refractivity contribution in [1.29, 1.82) is 0 Å². The molecule has 0 aliphatic heterocycles. The molecular formula is C28H43ClN4O4. The molecule has 2 rings (SSSR count). The maximum atomic E-state index is 13.3. The summed E-state index contributed by atoms with van der Waals surface area (Å²) in [4.78, 5) is 39.2. The minimum Gasteiger partial charge on any atom is -0.390 e. The number of aliphatic hydroxyl groups excluding tert-OH is 1. The number of nitrogens with two attached hydrogens (primary N) is 1. The van der Waals surface area contributed by atoms with Crippen LogP contribution >= 0.6 is 12.4 Å². The van der Waals surface area contributed by atoms with Crippen LogP contribution in [0, 0.1) is 5.92 Å². The van der Waals surface area contributed by atoms with Crippen molar-refractivity contribution in [1.82, 2.24) is 16.0 Å². The summed E-state index contributed by atoms with van der Waals surface area (Å²) < 4.78 is 0. The molecule has 0 saturated heterocycles. The molecule has 37 heavy (non-hydrogen) atoms. The molecule has 2 atom stereocenters. The van der Waals surface area contributed by atoms with Gasteiger partial charge in [-0.25, -0.2) is 0 Å². The van der Waals surface area contributed by atoms with Crippen LogP contribution in [0.1, 0.15) is 58.9 Å². The minimum absolute atomic E-state index is 0. The van der Waals surface area contributed by atoms with Crippen LogP contribution in [0.2, 0.25) is 0 Å². The molecule has 206 valence electrons. The second-order valence-corrected chi connectivity index (χ2v) is 9.93. The van der Waals surface area contributed by atoms with E-state index < -0.39 is 29.5 Å². The van der Waals surface area contributed by atoms with Crippen molar-refractivity contribution in [3.05, 3.63) is 48.0 Å². The van der Waals surface area contributed by atoms with E-state index in [2.05, 4.69) is 16.0 Å². The molecule has 9 heteroatoms. The Hall–Kier alpha value is -2.68. The van der Waals surface area contributed by atoms with Crippen molar-refractivity contribution < 1.29 is 19.5 Å². The van der Waals surface area contributed by atoms with Crippen LogP contribution in [0.5, 0.6) is 0 Å². The summed E-state index contributed by atoms with van der Waals surface area (Å²) in [5.74, 6) is -1.19. The van der Waals surface area contributed by atoms with Gasteiger partial charge in [-0.2, -0.15) is 0 Å². The largest absolute Gasteiger partial charge is 0.390 e. The molecule has 6 N–H and O–H groups in total. The van der Waals surface area contributed by atoms with Gasteiger partial charge in [0.05, 0.1) is 6.10 Å². The Bertz CT molecular complexity index is 1020. The molecule has 0 aliphatic rings. The van der Waals surface area contributed by atoms with Crippen LogP contribution in [0.15, 0.2) is 42.5 Å². The van der Waals surface area contributed by atoms with Crippen LogP contribution in [-0.2, 0) is 20.8 Å². The van der Waals surface area contributed by atoms with Crippen molar-refractivity contribution in [3.63, 3.8) is 0 Å². The Balaban J connectivity index is 0.00000684. The minimum atomic E-state index is -1.21. The number of carbonyl (C=O) groups excluding carboxylic acids is 3. The smallest absolute Gasteiger partial charge is 0.245 e. The molecule has 0 fully saturated rings. The third-order valence-electron chi connectivity index (χ3n) is 6.31. The molecule has 0 aromatic heterocycles. The van der Waals surface area contributed by atoms with Crippen molar-refractivity contribution in [2.24, 2.45) is 11.7 Å². The van der Waals surface area contributed by atoms with E-state index in [0.717, 1.165) is 42.0 Å². The molecule has 2 aromatic carbocycles. The van der Waals surface area contributed by atoms with Gasteiger partial charge < -0.3 is 26.8 Å². The lowest BCUT2D eigenvalue weighted by molar-refractivity contribution is -0.136. The van der Waals surface area contributed by atoms with Crippen LogP contribution in [0.25, 0.3) is 10.8 Å². The third kappa shape index (κ3) is 9.95. The first-order valence-electron chi connectivity index (χ1n) is 12.9. The second kappa shape index (κ2) is 15.5. The summed E-state index contributed by atoms with van der Waals surface area (Å²) in [6, 6.07) is 12.9. The number of rotatable bonds is 14. The second-order valence-electron chi connectivity index (χ2n) is 9.93. The third-order valence-corrected chi connectivity index (χ3v) is 6.31. The molecule has 0 radical (unpaired) electrons. The zero-order valence-corrected chi connectivity index (χ0v) is 23.2. The fraction of sp³-hybridized carbons (Fsp3) is 0.536. The number of carbonyl (C=O) groups is 3. The Kier molecular flexibility index (Phi) is 13.6. The first-order chi connectivity index (χ1) is 17.1. The maximum absolute atomic E-state index is 13.3. The monoisotopic (exact) mass is 534 g/mol. The van der Waals surface area contributed by atoms with E-state index in [-0.39, 0.29) is 43.7 Å². The van der Waals surface area contributed by atoms with Gasteiger partial charge in [-0.15, -0.1) is 12.4 Å². The highest BCUT2D eigenvalue weighted by atomic mass is 35.5. The van der Waals surface area contributed by atoms with Gasteiger partial charge in [0, 0.05) is 25.4 Å². The topological polar surface area (TPSA) is 134 Å². The first-order valence-corrected chi connectivity index (χ1v) is 12.9. The number of fused-ring (bicyclic) bond motifs is 1. The summed E-state index contributed by atoms with van der Waals surface area (Å²) in [5, 5.41) is 20.3. The summed E-state index contributed by atoms with van der Waals surface area (Å²) in [5.41, 5.74) is 5.11. The molecule has 0 bridgehead atoms. The van der Waals surface area contributed by atoms with Crippen molar-refractivity contribution in [2.75, 3.05) is 13.1 Å². The van der Waals surface area contributed by atoms with E-state index in [1.807, 2.05) is 56.3 Å². The Morgan fingerprint density at radius 2 is 1.59 bits per heavy atom. The Morgan fingerprint density at radius 3 is 2.19 bits per heavy atom. The lowest BCUT2D eigenvalue weighted by atomic mass is 9.94. The molecular weight excluding hydrogens is 492 g/mol. The van der Waals surface area contributed by atoms with Crippen LogP contribution in [0.3, 0.4) is 0 Å². The van der Waals surface area contributed by atoms with Gasteiger partial charge in [-0.3, -0.25) is 14.4 Å². The first kappa shape index (κ1) is 32.3. The standard InChI is InChI=1S/C28H42N4O4.ClH/c1-5-9-21(10-6-2)25(34)32-28(3,4)27(36)31-24(26(35)30-18-23(33)17-29)16-19-13-14-20-11-7-8-12-22(20)15-19;/h7-8,11-15,21,23-24,33H,5-6,9-10,16-18,29H2,1-4H3,(H,30,35)(H,31,36)(H,32,34);1H/t23?,24-;/m1./s1. The normalized spacial score (nSPS) is 12.9. The van der Waals surface area contributed by atoms with E-state index in [1.165, 1.54) is 0 Å². The van der Waals surface area contributed by atoms with E-state index in [9.17, 15) is 19.5 Å². The lowest BCUT2D eigenvalue weighted by Gasteiger charge is -2.30. The fourth-order valence-corrected chi connectivity index (χ4v) is 4.14. The fourth-order valence-electron chi connectivity index (χ4n) is 4.14. The Morgan fingerprint density at radius 1 is 0.973 bits per heavy atom. The maximum Gasteiger partial charge on any atom is 0.245 e. The molecule has 2 aromatic rings. The number of aliphatic hydroxyl groups is 1. The summed E-state index contributed by atoms with van der Waals surface area (Å²) in [6.07, 6.45) is 2.65. The predicted molar refractivity (Wildman–Crippen MR) is 150 cm³/mol. The molecule has 8 nitrogen and oxygen atoms in total. The highest BCUT2D eigenvalue weighted by molar-refractivity contribution is 5.95. The SMILES string of the molecule is CCCC(CCC)C(=O)NC(C)(C)C(=O)N[C@H](Cc1ccc2ccccc2c1)C(=O)NCC(O)CN.Cl. The predicted octanol–water partition coefficient (Wildman–Crippen LogP) is 2.84. The summed E-state index contributed by atoms with van der Waals surface area (Å²) in [7, 11) is 0. The molecule has 0 saturated carbocycles. The van der Waals surface area contributed by atoms with Crippen LogP contribution in [0.4, 0.5) is 0 Å². The quantitative estimate of drug-likeness (QED) is 0.254. The van der Waals surface area contributed by atoms with Crippen molar-refractivity contribution >= 4 is 40.9 Å². The van der Waals surface area contributed by atoms with E-state index in [4.69, 9.17) is 5.73 Å². The zero-order chi connectivity index (χ0) is 26.7. The lowest BCUT2D eigenvalue weighted by Crippen LogP contribution is -2.60. The zero-order valence-electron chi connectivity index (χ0n) is 22.4. The number of hydrogen-bond acceptors (Lipinski definition) is 5. The van der Waals surface area contributed by atoms with E-state index in [0.29, 0.717) is 0 Å². The molecule has 3 amide bonds. The van der Waals surface area contributed by atoms with Crippen LogP contribution < -0.4 is 21.7 Å². The van der Waals surface area contributed by atoms with E-state index >= 15 is 0 Å². The van der Waals surface area contributed by atoms with Crippen LogP contribution in [-0.4, -0.2) is 53.6 Å². The molecule has 0 aliphatic carbocycles. The number of halogens is 1. The van der Waals surface area contributed by atoms with E-state index in [1.54, 1.807) is 13.8 Å². The summed E-state index contributed by atoms with van der Waals surface area (Å²) >= 11 is 0. The van der Waals surface area contributed by atoms with Gasteiger partial charge in [0.1, 0.15) is 11.6 Å². The number of nitrogens with one attached hydrogen (secondary N) is 3. The van der Waals surface area contributed by atoms with Gasteiger partial charge in [0.25, 0.3) is 0 Å². The molecule has 1 unspecified atom stereocenters.